The van der Waals surface area contributed by atoms with Crippen LogP contribution in [0, 0.1) is 11.6 Å². The molecule has 3 aromatic carbocycles. The molecule has 3 aromatic rings. The summed E-state index contributed by atoms with van der Waals surface area (Å²) < 4.78 is 34.6. The number of fused-ring (bicyclic) bond motifs is 2. The summed E-state index contributed by atoms with van der Waals surface area (Å²) >= 11 is 3.38. The maximum atomic E-state index is 14.7. The largest absolute Gasteiger partial charge is 0.492 e. The number of amides is 2. The van der Waals surface area contributed by atoms with Gasteiger partial charge in [0.05, 0.1) is 23.2 Å². The maximum Gasteiger partial charge on any atom is 0.408 e. The number of nitrogens with one attached hydrogen (secondary N) is 1. The number of carbonyl (C=O) groups excluding carboxylic acids is 1. The molecule has 230 valence electrons. The summed E-state index contributed by atoms with van der Waals surface area (Å²) in [6, 6.07) is 17.9. The molecule has 2 bridgehead atoms. The van der Waals surface area contributed by atoms with Gasteiger partial charge in [-0.3, -0.25) is 9.69 Å². The zero-order valence-corrected chi connectivity index (χ0v) is 25.7. The fourth-order valence-electron chi connectivity index (χ4n) is 6.27. The van der Waals surface area contributed by atoms with Crippen molar-refractivity contribution in [1.29, 1.82) is 0 Å². The van der Waals surface area contributed by atoms with E-state index < -0.39 is 12.1 Å². The number of nitrogens with zero attached hydrogens (tertiary/aromatic N) is 2. The minimum absolute atomic E-state index is 0.000930. The summed E-state index contributed by atoms with van der Waals surface area (Å²) in [6.45, 7) is 1.41. The van der Waals surface area contributed by atoms with Gasteiger partial charge < -0.3 is 20.1 Å². The van der Waals surface area contributed by atoms with Crippen molar-refractivity contribution in [1.82, 2.24) is 15.1 Å². The third-order valence-corrected chi connectivity index (χ3v) is 9.26. The number of carbonyl (C=O) groups is 2. The molecule has 3 aliphatic rings. The Morgan fingerprint density at radius 3 is 2.55 bits per heavy atom. The second-order valence-corrected chi connectivity index (χ2v) is 12.4. The maximum absolute atomic E-state index is 14.7. The Balaban J connectivity index is 1.25. The molecule has 1 saturated heterocycles. The van der Waals surface area contributed by atoms with Gasteiger partial charge in [0.25, 0.3) is 5.91 Å². The van der Waals surface area contributed by atoms with Crippen molar-refractivity contribution in [3.8, 4) is 5.75 Å². The van der Waals surface area contributed by atoms with Crippen LogP contribution in [0.15, 0.2) is 76.8 Å². The summed E-state index contributed by atoms with van der Waals surface area (Å²) in [5, 5.41) is 13.5. The minimum atomic E-state index is -1.04. The summed E-state index contributed by atoms with van der Waals surface area (Å²) in [5.41, 5.74) is 3.75. The molecule has 1 aliphatic carbocycles. The van der Waals surface area contributed by atoms with E-state index in [4.69, 9.17) is 4.74 Å². The van der Waals surface area contributed by atoms with E-state index in [-0.39, 0.29) is 36.2 Å². The Kier molecular flexibility index (Phi) is 9.00. The highest BCUT2D eigenvalue weighted by molar-refractivity contribution is 9.10. The lowest BCUT2D eigenvalue weighted by Crippen LogP contribution is -2.63. The van der Waals surface area contributed by atoms with Gasteiger partial charge in [-0.05, 0) is 82.9 Å². The number of benzene rings is 3. The zero-order valence-electron chi connectivity index (χ0n) is 24.1. The molecule has 0 radical (unpaired) electrons. The molecule has 0 unspecified atom stereocenters. The number of carboxylic acid groups (broad SMARTS) is 1. The van der Waals surface area contributed by atoms with E-state index in [2.05, 4.69) is 21.2 Å². The van der Waals surface area contributed by atoms with Crippen LogP contribution in [-0.4, -0.2) is 64.7 Å². The van der Waals surface area contributed by atoms with Crippen LogP contribution in [0.3, 0.4) is 0 Å². The van der Waals surface area contributed by atoms with Crippen LogP contribution in [0.25, 0.3) is 5.57 Å². The van der Waals surface area contributed by atoms with Gasteiger partial charge in [0.1, 0.15) is 17.4 Å². The Labute approximate surface area is 263 Å². The Morgan fingerprint density at radius 1 is 1.05 bits per heavy atom. The molecule has 7 nitrogen and oxygen atoms in total. The number of hydrogen-bond donors (Lipinski definition) is 2. The monoisotopic (exact) mass is 665 g/mol. The van der Waals surface area contributed by atoms with Crippen molar-refractivity contribution < 1.29 is 28.2 Å². The molecular weight excluding hydrogens is 632 g/mol. The van der Waals surface area contributed by atoms with Gasteiger partial charge in [-0.1, -0.05) is 42.5 Å². The first-order chi connectivity index (χ1) is 21.3. The molecule has 2 amide bonds. The fourth-order valence-corrected chi connectivity index (χ4v) is 6.63. The van der Waals surface area contributed by atoms with Crippen molar-refractivity contribution in [3.63, 3.8) is 0 Å². The van der Waals surface area contributed by atoms with Crippen LogP contribution < -0.4 is 10.1 Å². The van der Waals surface area contributed by atoms with E-state index in [0.717, 1.165) is 42.4 Å². The summed E-state index contributed by atoms with van der Waals surface area (Å²) in [5.74, 6) is -0.478. The van der Waals surface area contributed by atoms with Gasteiger partial charge >= 0.3 is 6.09 Å². The van der Waals surface area contributed by atoms with E-state index in [9.17, 15) is 23.5 Å². The lowest BCUT2D eigenvalue weighted by Gasteiger charge is -2.47. The smallest absolute Gasteiger partial charge is 0.408 e. The summed E-state index contributed by atoms with van der Waals surface area (Å²) in [4.78, 5) is 30.0. The van der Waals surface area contributed by atoms with Crippen LogP contribution in [0.1, 0.15) is 42.4 Å². The molecule has 10 heteroatoms. The predicted molar refractivity (Wildman–Crippen MR) is 166 cm³/mol. The molecule has 6 rings (SSSR count). The predicted octanol–water partition coefficient (Wildman–Crippen LogP) is 6.41. The number of hydrogen-bond acceptors (Lipinski definition) is 4. The Hall–Kier alpha value is -3.76. The van der Waals surface area contributed by atoms with E-state index >= 15 is 0 Å². The van der Waals surface area contributed by atoms with E-state index in [1.54, 1.807) is 29.2 Å². The van der Waals surface area contributed by atoms with Crippen LogP contribution in [-0.2, 0) is 17.8 Å². The number of aryl methyl sites for hydroxylation is 1. The number of ether oxygens (including phenoxy) is 1. The minimum Gasteiger partial charge on any atom is -0.492 e. The standard InChI is InChI=1S/C34H34BrF2N3O4/c35-28-14-11-24(36)16-31(28)44-15-3-4-21-7-9-22(10-8-21)27-17-26-18-38-19-30(40(26)34(42)43)32(27)33(41)39(25-12-13-25)20-23-5-1-2-6-29(23)37/h1-2,5-11,14,16,25-26,30,38H,3-4,12-13,15,17-20H2,(H,42,43)/t26-,30-/m1/s1. The van der Waals surface area contributed by atoms with E-state index in [1.165, 1.54) is 23.1 Å². The zero-order chi connectivity index (χ0) is 30.8. The second-order valence-electron chi connectivity index (χ2n) is 11.6. The molecule has 1 saturated carbocycles. The Bertz CT molecular complexity index is 1580. The number of rotatable bonds is 10. The van der Waals surface area contributed by atoms with Gasteiger partial charge in [0.2, 0.25) is 0 Å². The van der Waals surface area contributed by atoms with Crippen LogP contribution in [0.2, 0.25) is 0 Å². The van der Waals surface area contributed by atoms with Gasteiger partial charge in [-0.2, -0.15) is 0 Å². The van der Waals surface area contributed by atoms with E-state index in [1.807, 2.05) is 24.3 Å². The van der Waals surface area contributed by atoms with Gasteiger partial charge in [0, 0.05) is 42.9 Å². The summed E-state index contributed by atoms with van der Waals surface area (Å²) in [6.07, 6.45) is 2.52. The van der Waals surface area contributed by atoms with Crippen LogP contribution >= 0.6 is 15.9 Å². The molecule has 0 spiro atoms. The van der Waals surface area contributed by atoms with Crippen molar-refractivity contribution >= 4 is 33.5 Å². The van der Waals surface area contributed by atoms with Gasteiger partial charge in [0.15, 0.2) is 0 Å². The first-order valence-electron chi connectivity index (χ1n) is 15.0. The highest BCUT2D eigenvalue weighted by Crippen LogP contribution is 2.40. The second kappa shape index (κ2) is 13.1. The first kappa shape index (κ1) is 30.3. The van der Waals surface area contributed by atoms with Crippen LogP contribution in [0.4, 0.5) is 13.6 Å². The molecule has 2 fully saturated rings. The quantitative estimate of drug-likeness (QED) is 0.245. The first-order valence-corrected chi connectivity index (χ1v) is 15.8. The van der Waals surface area contributed by atoms with Crippen LogP contribution in [0.5, 0.6) is 5.75 Å². The molecule has 0 aromatic heterocycles. The lowest BCUT2D eigenvalue weighted by atomic mass is 9.81. The molecule has 2 atom stereocenters. The fraction of sp³-hybridized carbons (Fsp3) is 0.353. The normalized spacial score (nSPS) is 19.6. The van der Waals surface area contributed by atoms with Crippen molar-refractivity contribution in [2.75, 3.05) is 19.7 Å². The third kappa shape index (κ3) is 6.51. The van der Waals surface area contributed by atoms with Gasteiger partial charge in [-0.25, -0.2) is 13.6 Å². The Morgan fingerprint density at radius 2 is 1.82 bits per heavy atom. The molecule has 2 heterocycles. The third-order valence-electron chi connectivity index (χ3n) is 8.61. The molecule has 44 heavy (non-hydrogen) atoms. The molecular formula is C34H34BrF2N3O4. The van der Waals surface area contributed by atoms with Crippen molar-refractivity contribution in [2.24, 2.45) is 0 Å². The summed E-state index contributed by atoms with van der Waals surface area (Å²) in [7, 11) is 0. The van der Waals surface area contributed by atoms with Crippen molar-refractivity contribution in [3.05, 3.63) is 105 Å². The van der Waals surface area contributed by atoms with Crippen molar-refractivity contribution in [2.45, 2.75) is 56.8 Å². The molecule has 2 N–H and O–H groups in total. The SMILES string of the molecule is O=C(C1=C(c2ccc(CCCOc3cc(F)ccc3Br)cc2)C[C@@H]2CNC[C@H]1N2C(=O)O)N(Cc1ccccc1F)C1CC1. The van der Waals surface area contributed by atoms with Gasteiger partial charge in [-0.15, -0.1) is 0 Å². The number of piperazine rings is 1. The lowest BCUT2D eigenvalue weighted by molar-refractivity contribution is -0.129. The average molecular weight is 667 g/mol. The molecule has 2 aliphatic heterocycles. The highest BCUT2D eigenvalue weighted by atomic mass is 79.9. The number of halogens is 3. The average Bonchev–Trinajstić information content (AvgIpc) is 3.85. The topological polar surface area (TPSA) is 82.1 Å². The van der Waals surface area contributed by atoms with E-state index in [0.29, 0.717) is 47.5 Å². The highest BCUT2D eigenvalue weighted by Gasteiger charge is 2.46.